The Bertz CT molecular complexity index is 1650. The van der Waals surface area contributed by atoms with Crippen molar-refractivity contribution in [3.8, 4) is 22.5 Å². The van der Waals surface area contributed by atoms with Gasteiger partial charge in [-0.05, 0) is 80.4 Å². The highest BCUT2D eigenvalue weighted by Gasteiger charge is 2.23. The third-order valence-electron chi connectivity index (χ3n) is 7.11. The van der Waals surface area contributed by atoms with E-state index in [1.807, 2.05) is 36.7 Å². The molecule has 0 atom stereocenters. The molecule has 0 aliphatic rings. The summed E-state index contributed by atoms with van der Waals surface area (Å²) in [6.45, 7) is 7.54. The number of aromatic nitrogens is 4. The number of carbonyl (C=O) groups excluding carboxylic acids is 1. The highest BCUT2D eigenvalue weighted by Crippen LogP contribution is 2.36. The minimum atomic E-state index is -0.375. The summed E-state index contributed by atoms with van der Waals surface area (Å²) in [5, 5.41) is 13.3. The summed E-state index contributed by atoms with van der Waals surface area (Å²) in [6, 6.07) is 21.7. The van der Waals surface area contributed by atoms with Crippen molar-refractivity contribution in [2.24, 2.45) is 5.16 Å². The molecule has 0 aliphatic heterocycles. The van der Waals surface area contributed by atoms with Crippen LogP contribution in [-0.4, -0.2) is 36.2 Å². The monoisotopic (exact) mass is 613 g/mol. The van der Waals surface area contributed by atoms with Crippen LogP contribution >= 0.6 is 23.2 Å². The van der Waals surface area contributed by atoms with E-state index in [4.69, 9.17) is 33.4 Å². The van der Waals surface area contributed by atoms with Gasteiger partial charge in [0.05, 0.1) is 11.4 Å². The van der Waals surface area contributed by atoms with Crippen molar-refractivity contribution in [2.75, 3.05) is 0 Å². The fourth-order valence-electron chi connectivity index (χ4n) is 4.85. The summed E-state index contributed by atoms with van der Waals surface area (Å²) >= 11 is 11.8. The smallest absolute Gasteiger partial charge is 0.215 e. The Hall–Kier alpha value is -4.33. The lowest BCUT2D eigenvalue weighted by molar-refractivity contribution is 0.106. The highest BCUT2D eigenvalue weighted by atomic mass is 35.5. The maximum absolute atomic E-state index is 12.1. The molecule has 0 aliphatic carbocycles. The number of nitrogens with zero attached hydrogens (tertiary/aromatic N) is 5. The second kappa shape index (κ2) is 15.2. The Morgan fingerprint density at radius 2 is 1.30 bits per heavy atom. The van der Waals surface area contributed by atoms with Gasteiger partial charge in [0, 0.05) is 69.5 Å². The number of oxime groups is 1. The number of hydrogen-bond donors (Lipinski definition) is 1. The topological polar surface area (TPSA) is 93.3 Å². The molecule has 0 amide bonds. The van der Waals surface area contributed by atoms with Gasteiger partial charge in [0.15, 0.2) is 5.71 Å². The summed E-state index contributed by atoms with van der Waals surface area (Å²) in [5.74, 6) is 1.26. The number of halogens is 2. The second-order valence-electron chi connectivity index (χ2n) is 9.69. The van der Waals surface area contributed by atoms with Gasteiger partial charge in [-0.1, -0.05) is 54.3 Å². The van der Waals surface area contributed by atoms with Crippen molar-refractivity contribution >= 4 is 34.7 Å². The number of pyridine rings is 2. The lowest BCUT2D eigenvalue weighted by Gasteiger charge is -2.16. The molecule has 3 heterocycles. The molecule has 0 spiro atoms. The molecule has 0 bridgehead atoms. The molecule has 0 radical (unpaired) electrons. The first kappa shape index (κ1) is 31.6. The standard InChI is InChI=1S/C21H24ClN3.C13H9ClN2O2/c1-4-15(5-2)21-24-19(16-11-13-23-14-12-16)20(25(21)6-3)17-7-9-18(22)10-8-17;14-11-3-1-10(2-4-11)13(17)12(16-18)9-5-7-15-8-6-9/h7-15H,4-6H2,1-3H3;1-8,18H. The van der Waals surface area contributed by atoms with Crippen molar-refractivity contribution in [3.63, 3.8) is 0 Å². The third kappa shape index (κ3) is 7.55. The minimum Gasteiger partial charge on any atom is -0.410 e. The predicted octanol–water partition coefficient (Wildman–Crippen LogP) is 8.99. The molecule has 0 unspecified atom stereocenters. The first-order valence-corrected chi connectivity index (χ1v) is 14.9. The zero-order valence-corrected chi connectivity index (χ0v) is 25.8. The van der Waals surface area contributed by atoms with Crippen LogP contribution in [0.2, 0.25) is 10.0 Å². The summed E-state index contributed by atoms with van der Waals surface area (Å²) in [7, 11) is 0. The van der Waals surface area contributed by atoms with E-state index in [1.165, 1.54) is 18.2 Å². The van der Waals surface area contributed by atoms with Crippen LogP contribution in [0.5, 0.6) is 0 Å². The molecule has 9 heteroatoms. The van der Waals surface area contributed by atoms with Crippen molar-refractivity contribution in [1.29, 1.82) is 0 Å². The number of benzene rings is 2. The number of rotatable bonds is 9. The quantitative estimate of drug-likeness (QED) is 0.0774. The van der Waals surface area contributed by atoms with Crippen molar-refractivity contribution in [3.05, 3.63) is 125 Å². The Balaban J connectivity index is 0.000000208. The van der Waals surface area contributed by atoms with Gasteiger partial charge in [-0.25, -0.2) is 4.98 Å². The number of ketones is 1. The van der Waals surface area contributed by atoms with E-state index < -0.39 is 0 Å². The largest absolute Gasteiger partial charge is 0.410 e. The van der Waals surface area contributed by atoms with Gasteiger partial charge in [0.2, 0.25) is 5.78 Å². The Morgan fingerprint density at radius 1 is 0.767 bits per heavy atom. The van der Waals surface area contributed by atoms with Gasteiger partial charge in [0.25, 0.3) is 0 Å². The SMILES string of the molecule is CCC(CC)c1nc(-c2ccncc2)c(-c2ccc(Cl)cc2)n1CC.O=C(C(=NO)c1ccncc1)c1ccc(Cl)cc1. The lowest BCUT2D eigenvalue weighted by Crippen LogP contribution is -2.15. The highest BCUT2D eigenvalue weighted by molar-refractivity contribution is 6.51. The number of imidazole rings is 1. The van der Waals surface area contributed by atoms with Crippen molar-refractivity contribution in [2.45, 2.75) is 46.1 Å². The fraction of sp³-hybridized carbons (Fsp3) is 0.206. The average molecular weight is 615 g/mol. The summed E-state index contributed by atoms with van der Waals surface area (Å²) in [5.41, 5.74) is 5.30. The summed E-state index contributed by atoms with van der Waals surface area (Å²) in [6.07, 6.45) is 8.86. The van der Waals surface area contributed by atoms with Crippen LogP contribution in [0, 0.1) is 0 Å². The molecule has 5 rings (SSSR count). The van der Waals surface area contributed by atoms with Crippen molar-refractivity contribution < 1.29 is 10.0 Å². The van der Waals surface area contributed by atoms with Gasteiger partial charge >= 0.3 is 0 Å². The molecule has 3 aromatic heterocycles. The van der Waals surface area contributed by atoms with Crippen LogP contribution in [0.25, 0.3) is 22.5 Å². The zero-order chi connectivity index (χ0) is 30.8. The summed E-state index contributed by atoms with van der Waals surface area (Å²) < 4.78 is 2.36. The van der Waals surface area contributed by atoms with E-state index in [2.05, 4.69) is 52.6 Å². The van der Waals surface area contributed by atoms with Crippen LogP contribution < -0.4 is 0 Å². The molecule has 0 saturated carbocycles. The molecule has 43 heavy (non-hydrogen) atoms. The van der Waals surface area contributed by atoms with Gasteiger partial charge < -0.3 is 9.77 Å². The van der Waals surface area contributed by atoms with Crippen LogP contribution in [0.4, 0.5) is 0 Å². The fourth-order valence-corrected chi connectivity index (χ4v) is 5.10. The van der Waals surface area contributed by atoms with E-state index in [-0.39, 0.29) is 11.5 Å². The number of Topliss-reactive ketones (excluding diaryl/α,β-unsaturated/α-hetero) is 1. The molecule has 0 fully saturated rings. The van der Waals surface area contributed by atoms with E-state index >= 15 is 0 Å². The average Bonchev–Trinajstić information content (AvgIpc) is 3.43. The van der Waals surface area contributed by atoms with Crippen LogP contribution in [0.3, 0.4) is 0 Å². The Labute approximate surface area is 261 Å². The Kier molecular flexibility index (Phi) is 11.2. The number of carbonyl (C=O) groups is 1. The number of hydrogen-bond acceptors (Lipinski definition) is 6. The lowest BCUT2D eigenvalue weighted by atomic mass is 10.0. The van der Waals surface area contributed by atoms with Gasteiger partial charge in [-0.2, -0.15) is 0 Å². The second-order valence-corrected chi connectivity index (χ2v) is 10.6. The molecule has 1 N–H and O–H groups in total. The van der Waals surface area contributed by atoms with Crippen LogP contribution in [-0.2, 0) is 6.54 Å². The third-order valence-corrected chi connectivity index (χ3v) is 7.61. The van der Waals surface area contributed by atoms with Gasteiger partial charge in [-0.15, -0.1) is 0 Å². The van der Waals surface area contributed by atoms with E-state index in [1.54, 1.807) is 36.4 Å². The zero-order valence-electron chi connectivity index (χ0n) is 24.3. The molecular weight excluding hydrogens is 581 g/mol. The molecule has 0 saturated heterocycles. The summed E-state index contributed by atoms with van der Waals surface area (Å²) in [4.78, 5) is 25.2. The molecular formula is C34H33Cl2N5O2. The maximum Gasteiger partial charge on any atom is 0.215 e. The van der Waals surface area contributed by atoms with E-state index in [0.717, 1.165) is 46.9 Å². The van der Waals surface area contributed by atoms with E-state index in [0.29, 0.717) is 22.1 Å². The predicted molar refractivity (Wildman–Crippen MR) is 173 cm³/mol. The van der Waals surface area contributed by atoms with Gasteiger partial charge in [0.1, 0.15) is 5.82 Å². The molecule has 7 nitrogen and oxygen atoms in total. The first-order chi connectivity index (χ1) is 20.9. The van der Waals surface area contributed by atoms with Gasteiger partial charge in [-0.3, -0.25) is 14.8 Å². The van der Waals surface area contributed by atoms with E-state index in [9.17, 15) is 4.79 Å². The molecule has 220 valence electrons. The maximum atomic E-state index is 12.1. The van der Waals surface area contributed by atoms with Crippen LogP contribution in [0.1, 0.15) is 61.3 Å². The van der Waals surface area contributed by atoms with Crippen molar-refractivity contribution in [1.82, 2.24) is 19.5 Å². The molecule has 2 aromatic carbocycles. The molecule has 5 aromatic rings. The minimum absolute atomic E-state index is 0.0280. The first-order valence-electron chi connectivity index (χ1n) is 14.1. The Morgan fingerprint density at radius 3 is 1.81 bits per heavy atom. The van der Waals surface area contributed by atoms with Crippen LogP contribution in [0.15, 0.2) is 103 Å². The normalized spacial score (nSPS) is 11.3.